The highest BCUT2D eigenvalue weighted by Gasteiger charge is 2.18. The first-order valence-corrected chi connectivity index (χ1v) is 35.1. The maximum absolute atomic E-state index is 12.5. The largest absolute Gasteiger partial charge is 0.466 e. The van der Waals surface area contributed by atoms with E-state index in [4.69, 9.17) is 4.74 Å². The third-order valence-electron chi connectivity index (χ3n) is 16.5. The van der Waals surface area contributed by atoms with E-state index in [9.17, 15) is 19.8 Å². The number of hydrogen-bond donors (Lipinski definition) is 3. The number of hydrogen-bond acceptors (Lipinski definition) is 5. The molecule has 2 atom stereocenters. The number of carbonyl (C=O) groups is 2. The molecular formula is C71H137NO5. The molecule has 0 aromatic heterocycles. The van der Waals surface area contributed by atoms with Crippen LogP contribution in [0.4, 0.5) is 0 Å². The van der Waals surface area contributed by atoms with Crippen LogP contribution in [0.25, 0.3) is 0 Å². The second kappa shape index (κ2) is 66.8. The Balaban J connectivity index is 3.38. The second-order valence-corrected chi connectivity index (χ2v) is 24.2. The summed E-state index contributed by atoms with van der Waals surface area (Å²) in [7, 11) is 0. The van der Waals surface area contributed by atoms with E-state index in [1.807, 2.05) is 6.08 Å². The Bertz CT molecular complexity index is 1200. The van der Waals surface area contributed by atoms with Crippen molar-refractivity contribution >= 4 is 11.9 Å². The monoisotopic (exact) mass is 1080 g/mol. The van der Waals surface area contributed by atoms with E-state index >= 15 is 0 Å². The molecule has 77 heavy (non-hydrogen) atoms. The number of carbonyl (C=O) groups excluding carboxylic acids is 2. The predicted molar refractivity (Wildman–Crippen MR) is 338 cm³/mol. The molecule has 0 radical (unpaired) electrons. The molecule has 0 aromatic carbocycles. The molecule has 456 valence electrons. The van der Waals surface area contributed by atoms with E-state index in [2.05, 4.69) is 31.3 Å². The molecule has 0 saturated carbocycles. The summed E-state index contributed by atoms with van der Waals surface area (Å²) >= 11 is 0. The van der Waals surface area contributed by atoms with E-state index in [0.29, 0.717) is 19.4 Å². The quantitative estimate of drug-likeness (QED) is 0.0320. The van der Waals surface area contributed by atoms with Crippen LogP contribution in [0.5, 0.6) is 0 Å². The van der Waals surface area contributed by atoms with Crippen LogP contribution in [0.15, 0.2) is 24.3 Å². The SMILES string of the molecule is CCCCCCCCCCCCCCCCC/C=C/C(O)C(CO)NC(=O)CCCCCCCCCCCCCCC/C=C\CCCCCCCCCCCCCCOC(=O)CCCCCCCCCCCCCCCC. The van der Waals surface area contributed by atoms with Crippen molar-refractivity contribution < 1.29 is 24.5 Å². The van der Waals surface area contributed by atoms with E-state index in [1.54, 1.807) is 6.08 Å². The molecule has 0 fully saturated rings. The van der Waals surface area contributed by atoms with E-state index < -0.39 is 12.1 Å². The number of allylic oxidation sites excluding steroid dienone is 3. The number of ether oxygens (including phenoxy) is 1. The van der Waals surface area contributed by atoms with Gasteiger partial charge in [0.1, 0.15) is 0 Å². The fourth-order valence-corrected chi connectivity index (χ4v) is 11.1. The molecule has 6 heteroatoms. The lowest BCUT2D eigenvalue weighted by Crippen LogP contribution is -2.45. The molecule has 0 rings (SSSR count). The highest BCUT2D eigenvalue weighted by atomic mass is 16.5. The molecule has 0 aliphatic rings. The van der Waals surface area contributed by atoms with Gasteiger partial charge >= 0.3 is 5.97 Å². The van der Waals surface area contributed by atoms with Crippen molar-refractivity contribution in [3.05, 3.63) is 24.3 Å². The number of unbranched alkanes of at least 4 members (excludes halogenated alkanes) is 53. The van der Waals surface area contributed by atoms with Gasteiger partial charge in [0, 0.05) is 12.8 Å². The highest BCUT2D eigenvalue weighted by molar-refractivity contribution is 5.76. The van der Waals surface area contributed by atoms with Crippen LogP contribution >= 0.6 is 0 Å². The Morgan fingerprint density at radius 1 is 0.351 bits per heavy atom. The Hall–Kier alpha value is -1.66. The van der Waals surface area contributed by atoms with Gasteiger partial charge in [0.25, 0.3) is 0 Å². The summed E-state index contributed by atoms with van der Waals surface area (Å²) in [5.41, 5.74) is 0. The van der Waals surface area contributed by atoms with Gasteiger partial charge in [-0.05, 0) is 57.8 Å². The number of nitrogens with one attached hydrogen (secondary N) is 1. The second-order valence-electron chi connectivity index (χ2n) is 24.2. The summed E-state index contributed by atoms with van der Waals surface area (Å²) in [6.07, 6.45) is 84.0. The number of rotatable bonds is 66. The van der Waals surface area contributed by atoms with Crippen LogP contribution in [0, 0.1) is 0 Å². The Labute approximate surface area is 481 Å². The van der Waals surface area contributed by atoms with Gasteiger partial charge in [0.2, 0.25) is 5.91 Å². The molecule has 0 heterocycles. The highest BCUT2D eigenvalue weighted by Crippen LogP contribution is 2.18. The maximum atomic E-state index is 12.5. The van der Waals surface area contributed by atoms with Crippen LogP contribution < -0.4 is 5.32 Å². The van der Waals surface area contributed by atoms with Crippen molar-refractivity contribution in [2.75, 3.05) is 13.2 Å². The van der Waals surface area contributed by atoms with Crippen LogP contribution in [0.2, 0.25) is 0 Å². The summed E-state index contributed by atoms with van der Waals surface area (Å²) in [5.74, 6) is -0.0450. The van der Waals surface area contributed by atoms with Gasteiger partial charge in [0.05, 0.1) is 25.4 Å². The standard InChI is InChI=1S/C71H137NO5/c1-3-5-7-9-11-13-15-17-19-33-36-39-43-47-51-55-59-63-69(74)68(67-73)72-70(75)64-60-56-52-48-44-40-37-34-31-29-27-25-23-21-20-22-24-26-28-30-32-35-38-42-46-50-54-58-62-66-77-71(76)65-61-57-53-49-45-41-18-16-14-12-10-8-6-4-2/h20,22,59,63,68-69,73-74H,3-19,21,23-58,60-62,64-67H2,1-2H3,(H,72,75)/b22-20-,63-59+. The maximum Gasteiger partial charge on any atom is 0.305 e. The predicted octanol–water partition coefficient (Wildman–Crippen LogP) is 22.5. The number of aliphatic hydroxyl groups excluding tert-OH is 2. The van der Waals surface area contributed by atoms with Gasteiger partial charge in [0.15, 0.2) is 0 Å². The zero-order chi connectivity index (χ0) is 55.7. The normalized spacial score (nSPS) is 12.6. The zero-order valence-corrected chi connectivity index (χ0v) is 52.2. The fraction of sp³-hybridized carbons (Fsp3) is 0.915. The molecule has 6 nitrogen and oxygen atoms in total. The van der Waals surface area contributed by atoms with E-state index in [1.165, 1.54) is 327 Å². The molecule has 1 amide bonds. The average molecular weight is 1080 g/mol. The van der Waals surface area contributed by atoms with Crippen molar-refractivity contribution in [3.8, 4) is 0 Å². The summed E-state index contributed by atoms with van der Waals surface area (Å²) < 4.78 is 5.49. The topological polar surface area (TPSA) is 95.9 Å². The Morgan fingerprint density at radius 3 is 0.922 bits per heavy atom. The summed E-state index contributed by atoms with van der Waals surface area (Å²) in [6.45, 7) is 4.94. The first kappa shape index (κ1) is 75.3. The molecule has 0 aliphatic heterocycles. The van der Waals surface area contributed by atoms with Crippen molar-refractivity contribution in [2.45, 2.75) is 405 Å². The van der Waals surface area contributed by atoms with Gasteiger partial charge in [-0.25, -0.2) is 0 Å². The minimum atomic E-state index is -0.844. The third-order valence-corrected chi connectivity index (χ3v) is 16.5. The summed E-state index contributed by atoms with van der Waals surface area (Å²) in [6, 6.07) is -0.627. The van der Waals surface area contributed by atoms with Gasteiger partial charge in [-0.2, -0.15) is 0 Å². The van der Waals surface area contributed by atoms with Crippen LogP contribution in [0.3, 0.4) is 0 Å². The Morgan fingerprint density at radius 2 is 0.610 bits per heavy atom. The van der Waals surface area contributed by atoms with Crippen LogP contribution in [-0.2, 0) is 14.3 Å². The van der Waals surface area contributed by atoms with Crippen molar-refractivity contribution in [1.29, 1.82) is 0 Å². The Kier molecular flexibility index (Phi) is 65.4. The number of esters is 1. The molecule has 0 bridgehead atoms. The summed E-state index contributed by atoms with van der Waals surface area (Å²) in [4.78, 5) is 24.6. The lowest BCUT2D eigenvalue weighted by molar-refractivity contribution is -0.143. The lowest BCUT2D eigenvalue weighted by Gasteiger charge is -2.20. The van der Waals surface area contributed by atoms with E-state index in [-0.39, 0.29) is 18.5 Å². The number of aliphatic hydroxyl groups is 2. The van der Waals surface area contributed by atoms with Gasteiger partial charge in [-0.1, -0.05) is 346 Å². The van der Waals surface area contributed by atoms with Gasteiger partial charge in [-0.3, -0.25) is 9.59 Å². The molecule has 3 N–H and O–H groups in total. The molecule has 0 aromatic rings. The van der Waals surface area contributed by atoms with Gasteiger partial charge < -0.3 is 20.3 Å². The smallest absolute Gasteiger partial charge is 0.305 e. The molecule has 0 spiro atoms. The van der Waals surface area contributed by atoms with Crippen LogP contribution in [0.1, 0.15) is 393 Å². The number of amides is 1. The van der Waals surface area contributed by atoms with Crippen molar-refractivity contribution in [2.24, 2.45) is 0 Å². The fourth-order valence-electron chi connectivity index (χ4n) is 11.1. The molecule has 0 saturated heterocycles. The molecule has 2 unspecified atom stereocenters. The van der Waals surface area contributed by atoms with Crippen molar-refractivity contribution in [1.82, 2.24) is 5.32 Å². The van der Waals surface area contributed by atoms with Gasteiger partial charge in [-0.15, -0.1) is 0 Å². The van der Waals surface area contributed by atoms with Crippen LogP contribution in [-0.4, -0.2) is 47.4 Å². The van der Waals surface area contributed by atoms with E-state index in [0.717, 1.165) is 38.5 Å². The molecular weight excluding hydrogens is 947 g/mol. The van der Waals surface area contributed by atoms with Crippen molar-refractivity contribution in [3.63, 3.8) is 0 Å². The first-order valence-electron chi connectivity index (χ1n) is 35.1. The minimum Gasteiger partial charge on any atom is -0.466 e. The minimum absolute atomic E-state index is 0.0191. The zero-order valence-electron chi connectivity index (χ0n) is 52.2. The third kappa shape index (κ3) is 63.4. The summed E-state index contributed by atoms with van der Waals surface area (Å²) in [5, 5.41) is 23.2. The lowest BCUT2D eigenvalue weighted by atomic mass is 10.0. The average Bonchev–Trinajstić information content (AvgIpc) is 3.43. The first-order chi connectivity index (χ1) is 38.0. The molecule has 0 aliphatic carbocycles.